The summed E-state index contributed by atoms with van der Waals surface area (Å²) in [5.74, 6) is 2.42. The summed E-state index contributed by atoms with van der Waals surface area (Å²) in [4.78, 5) is 0. The lowest BCUT2D eigenvalue weighted by Crippen LogP contribution is -2.22. The van der Waals surface area contributed by atoms with Crippen LogP contribution in [0.15, 0.2) is 18.2 Å². The van der Waals surface area contributed by atoms with Crippen molar-refractivity contribution in [2.75, 3.05) is 20.3 Å². The van der Waals surface area contributed by atoms with Crippen LogP contribution < -0.4 is 14.8 Å². The molecule has 0 radical (unpaired) electrons. The molecule has 0 aliphatic rings. The van der Waals surface area contributed by atoms with Crippen LogP contribution in [0.25, 0.3) is 0 Å². The van der Waals surface area contributed by atoms with E-state index >= 15 is 0 Å². The predicted molar refractivity (Wildman–Crippen MR) is 89.2 cm³/mol. The minimum atomic E-state index is 0.656. The number of methoxy groups -OCH3 is 1. The first-order valence-electron chi connectivity index (χ1n) is 8.25. The Kier molecular flexibility index (Phi) is 8.91. The zero-order valence-electron chi connectivity index (χ0n) is 14.1. The van der Waals surface area contributed by atoms with Gasteiger partial charge in [-0.2, -0.15) is 0 Å². The van der Waals surface area contributed by atoms with E-state index in [1.54, 1.807) is 7.11 Å². The van der Waals surface area contributed by atoms with Gasteiger partial charge in [-0.1, -0.05) is 39.2 Å². The molecule has 0 saturated carbocycles. The average Bonchev–Trinajstić information content (AvgIpc) is 2.52. The van der Waals surface area contributed by atoms with Crippen LogP contribution in [0.4, 0.5) is 0 Å². The van der Waals surface area contributed by atoms with Crippen molar-refractivity contribution in [3.63, 3.8) is 0 Å². The van der Waals surface area contributed by atoms with Gasteiger partial charge < -0.3 is 14.8 Å². The molecule has 0 saturated heterocycles. The van der Waals surface area contributed by atoms with E-state index in [4.69, 9.17) is 9.47 Å². The summed E-state index contributed by atoms with van der Waals surface area (Å²) < 4.78 is 10.9. The molecule has 0 aliphatic heterocycles. The zero-order valence-corrected chi connectivity index (χ0v) is 14.1. The van der Waals surface area contributed by atoms with E-state index in [1.165, 1.54) is 31.2 Å². The summed E-state index contributed by atoms with van der Waals surface area (Å²) >= 11 is 0. The second-order valence-electron chi connectivity index (χ2n) is 5.47. The lowest BCUT2D eigenvalue weighted by molar-refractivity contribution is 0.310. The average molecular weight is 293 g/mol. The van der Waals surface area contributed by atoms with Gasteiger partial charge in [0.05, 0.1) is 13.7 Å². The van der Waals surface area contributed by atoms with Crippen molar-refractivity contribution < 1.29 is 9.47 Å². The molecule has 0 fully saturated rings. The maximum atomic E-state index is 5.54. The molecule has 0 heterocycles. The van der Waals surface area contributed by atoms with Crippen LogP contribution in [0.1, 0.15) is 52.0 Å². The Morgan fingerprint density at radius 1 is 1.14 bits per heavy atom. The largest absolute Gasteiger partial charge is 0.493 e. The molecular formula is C18H31NO2. The van der Waals surface area contributed by atoms with Crippen molar-refractivity contribution >= 4 is 0 Å². The first kappa shape index (κ1) is 17.8. The van der Waals surface area contributed by atoms with Gasteiger partial charge in [0.25, 0.3) is 0 Å². The van der Waals surface area contributed by atoms with Crippen LogP contribution >= 0.6 is 0 Å². The van der Waals surface area contributed by atoms with E-state index < -0.39 is 0 Å². The maximum Gasteiger partial charge on any atom is 0.161 e. The number of ether oxygens (including phenoxy) is 2. The fourth-order valence-corrected chi connectivity index (χ4v) is 2.46. The molecule has 21 heavy (non-hydrogen) atoms. The van der Waals surface area contributed by atoms with Gasteiger partial charge in [-0.25, -0.2) is 0 Å². The molecule has 1 aromatic rings. The Bertz CT molecular complexity index is 393. The molecule has 1 N–H and O–H groups in total. The summed E-state index contributed by atoms with van der Waals surface area (Å²) in [6.45, 7) is 9.14. The lowest BCUT2D eigenvalue weighted by atomic mass is 9.99. The molecule has 1 rings (SSSR count). The highest BCUT2D eigenvalue weighted by molar-refractivity contribution is 5.42. The monoisotopic (exact) mass is 293 g/mol. The van der Waals surface area contributed by atoms with E-state index in [9.17, 15) is 0 Å². The third-order valence-electron chi connectivity index (χ3n) is 3.83. The Balaban J connectivity index is 2.47. The van der Waals surface area contributed by atoms with Crippen molar-refractivity contribution in [3.8, 4) is 11.5 Å². The predicted octanol–water partition coefficient (Wildman–Crippen LogP) is 4.40. The zero-order chi connectivity index (χ0) is 15.5. The molecule has 1 atom stereocenters. The van der Waals surface area contributed by atoms with E-state index in [-0.39, 0.29) is 0 Å². The van der Waals surface area contributed by atoms with Crippen molar-refractivity contribution in [2.24, 2.45) is 5.92 Å². The molecule has 3 heteroatoms. The molecule has 0 bridgehead atoms. The summed E-state index contributed by atoms with van der Waals surface area (Å²) in [6, 6.07) is 6.16. The van der Waals surface area contributed by atoms with Gasteiger partial charge >= 0.3 is 0 Å². The smallest absolute Gasteiger partial charge is 0.161 e. The number of nitrogens with one attached hydrogen (secondary N) is 1. The molecule has 0 aromatic heterocycles. The number of rotatable bonds is 11. The van der Waals surface area contributed by atoms with E-state index in [0.717, 1.165) is 30.5 Å². The van der Waals surface area contributed by atoms with Gasteiger partial charge in [0.15, 0.2) is 11.5 Å². The summed E-state index contributed by atoms with van der Waals surface area (Å²) in [5, 5.41) is 3.57. The minimum Gasteiger partial charge on any atom is -0.493 e. The first-order chi connectivity index (χ1) is 10.2. The highest BCUT2D eigenvalue weighted by Gasteiger charge is 2.07. The van der Waals surface area contributed by atoms with Crippen LogP contribution in [-0.2, 0) is 6.54 Å². The van der Waals surface area contributed by atoms with Crippen molar-refractivity contribution in [3.05, 3.63) is 23.8 Å². The van der Waals surface area contributed by atoms with Crippen LogP contribution in [0.2, 0.25) is 0 Å². The van der Waals surface area contributed by atoms with E-state index in [0.29, 0.717) is 6.61 Å². The van der Waals surface area contributed by atoms with Gasteiger partial charge in [0.2, 0.25) is 0 Å². The third kappa shape index (κ3) is 6.38. The molecule has 3 nitrogen and oxygen atoms in total. The number of hydrogen-bond acceptors (Lipinski definition) is 3. The summed E-state index contributed by atoms with van der Waals surface area (Å²) in [5.41, 5.74) is 1.24. The highest BCUT2D eigenvalue weighted by Crippen LogP contribution is 2.28. The fraction of sp³-hybridized carbons (Fsp3) is 0.667. The van der Waals surface area contributed by atoms with Gasteiger partial charge in [-0.05, 0) is 43.5 Å². The van der Waals surface area contributed by atoms with Gasteiger partial charge in [0.1, 0.15) is 0 Å². The van der Waals surface area contributed by atoms with Gasteiger partial charge in [-0.3, -0.25) is 0 Å². The Labute approximate surface area is 130 Å². The Morgan fingerprint density at radius 3 is 2.57 bits per heavy atom. The van der Waals surface area contributed by atoms with Gasteiger partial charge in [0, 0.05) is 6.54 Å². The van der Waals surface area contributed by atoms with E-state index in [2.05, 4.69) is 31.3 Å². The van der Waals surface area contributed by atoms with Crippen LogP contribution in [0, 0.1) is 5.92 Å². The van der Waals surface area contributed by atoms with Crippen LogP contribution in [-0.4, -0.2) is 20.3 Å². The molecule has 0 aliphatic carbocycles. The highest BCUT2D eigenvalue weighted by atomic mass is 16.5. The maximum absolute atomic E-state index is 5.54. The number of unbranched alkanes of at least 4 members (excludes halogenated alkanes) is 1. The minimum absolute atomic E-state index is 0.656. The van der Waals surface area contributed by atoms with Crippen molar-refractivity contribution in [1.82, 2.24) is 5.32 Å². The normalized spacial score (nSPS) is 12.2. The molecule has 1 aromatic carbocycles. The second kappa shape index (κ2) is 10.5. The molecule has 1 unspecified atom stereocenters. The van der Waals surface area contributed by atoms with Crippen molar-refractivity contribution in [2.45, 2.75) is 53.0 Å². The second-order valence-corrected chi connectivity index (χ2v) is 5.47. The number of hydrogen-bond donors (Lipinski definition) is 1. The van der Waals surface area contributed by atoms with Crippen molar-refractivity contribution in [1.29, 1.82) is 0 Å². The van der Waals surface area contributed by atoms with Gasteiger partial charge in [-0.15, -0.1) is 0 Å². The third-order valence-corrected chi connectivity index (χ3v) is 3.83. The number of benzene rings is 1. The molecule has 0 spiro atoms. The quantitative estimate of drug-likeness (QED) is 0.656. The first-order valence-corrected chi connectivity index (χ1v) is 8.25. The molecular weight excluding hydrogens is 262 g/mol. The van der Waals surface area contributed by atoms with E-state index in [1.807, 2.05) is 13.0 Å². The standard InChI is InChI=1S/C18H31NO2/c1-5-8-9-15(6-2)13-19-14-16-10-11-17(21-7-3)18(12-16)20-4/h10-12,15,19H,5-9,13-14H2,1-4H3. The Morgan fingerprint density at radius 2 is 1.95 bits per heavy atom. The fourth-order valence-electron chi connectivity index (χ4n) is 2.46. The topological polar surface area (TPSA) is 30.5 Å². The SMILES string of the molecule is CCCCC(CC)CNCc1ccc(OCC)c(OC)c1. The van der Waals surface area contributed by atoms with Crippen LogP contribution in [0.5, 0.6) is 11.5 Å². The van der Waals surface area contributed by atoms with Crippen LogP contribution in [0.3, 0.4) is 0 Å². The lowest BCUT2D eigenvalue weighted by Gasteiger charge is -2.16. The summed E-state index contributed by atoms with van der Waals surface area (Å²) in [7, 11) is 1.69. The summed E-state index contributed by atoms with van der Waals surface area (Å²) in [6.07, 6.45) is 5.19. The Hall–Kier alpha value is -1.22. The molecule has 120 valence electrons. The molecule has 0 amide bonds.